The maximum absolute atomic E-state index is 13.1. The van der Waals surface area contributed by atoms with Crippen molar-refractivity contribution in [1.82, 2.24) is 15.2 Å². The number of benzene rings is 1. The molecule has 1 unspecified atom stereocenters. The summed E-state index contributed by atoms with van der Waals surface area (Å²) in [7, 11) is 1.97. The van der Waals surface area contributed by atoms with Gasteiger partial charge in [-0.3, -0.25) is 9.78 Å². The molecule has 1 atom stereocenters. The van der Waals surface area contributed by atoms with E-state index in [2.05, 4.69) is 19.2 Å². The van der Waals surface area contributed by atoms with Crippen LogP contribution in [0, 0.1) is 5.92 Å². The maximum Gasteiger partial charge on any atom is 0.254 e. The van der Waals surface area contributed by atoms with Crippen LogP contribution in [-0.2, 0) is 0 Å². The van der Waals surface area contributed by atoms with Gasteiger partial charge in [-0.15, -0.1) is 0 Å². The van der Waals surface area contributed by atoms with Crippen LogP contribution in [0.15, 0.2) is 30.3 Å². The lowest BCUT2D eigenvalue weighted by atomic mass is 10.0. The molecule has 4 nitrogen and oxygen atoms in total. The molecule has 1 fully saturated rings. The number of hydrogen-bond donors (Lipinski definition) is 1. The average molecular weight is 311 g/mol. The number of nitrogens with one attached hydrogen (secondary N) is 1. The van der Waals surface area contributed by atoms with Crippen molar-refractivity contribution in [3.8, 4) is 0 Å². The molecule has 1 aromatic heterocycles. The Kier molecular flexibility index (Phi) is 4.62. The summed E-state index contributed by atoms with van der Waals surface area (Å²) in [6.07, 6.45) is 1.08. The SMILES string of the molecule is CNCC1CCN(C(=O)c2cc(C(C)C)nc3ccccc23)C1. The summed E-state index contributed by atoms with van der Waals surface area (Å²) < 4.78 is 0. The minimum Gasteiger partial charge on any atom is -0.338 e. The Morgan fingerprint density at radius 1 is 1.39 bits per heavy atom. The molecule has 0 saturated carbocycles. The van der Waals surface area contributed by atoms with E-state index in [9.17, 15) is 4.79 Å². The summed E-state index contributed by atoms with van der Waals surface area (Å²) in [6.45, 7) is 6.89. The predicted octanol–water partition coefficient (Wildman–Crippen LogP) is 3.04. The Balaban J connectivity index is 1.96. The minimum absolute atomic E-state index is 0.143. The Hall–Kier alpha value is -1.94. The van der Waals surface area contributed by atoms with Gasteiger partial charge in [-0.2, -0.15) is 0 Å². The number of fused-ring (bicyclic) bond motifs is 1. The molecule has 2 aromatic rings. The van der Waals surface area contributed by atoms with E-state index < -0.39 is 0 Å². The molecule has 4 heteroatoms. The highest BCUT2D eigenvalue weighted by Gasteiger charge is 2.27. The molecular formula is C19H25N3O. The molecule has 0 spiro atoms. The zero-order valence-electron chi connectivity index (χ0n) is 14.2. The first-order valence-corrected chi connectivity index (χ1v) is 8.43. The number of carbonyl (C=O) groups excluding carboxylic acids is 1. The molecule has 0 radical (unpaired) electrons. The first-order valence-electron chi connectivity index (χ1n) is 8.43. The van der Waals surface area contributed by atoms with Gasteiger partial charge in [-0.25, -0.2) is 0 Å². The molecule has 1 aromatic carbocycles. The van der Waals surface area contributed by atoms with Crippen LogP contribution in [0.2, 0.25) is 0 Å². The number of hydrogen-bond acceptors (Lipinski definition) is 3. The Bertz CT molecular complexity index is 711. The zero-order chi connectivity index (χ0) is 16.4. The zero-order valence-corrected chi connectivity index (χ0v) is 14.2. The van der Waals surface area contributed by atoms with E-state index in [1.165, 1.54) is 0 Å². The van der Waals surface area contributed by atoms with Crippen molar-refractivity contribution in [3.05, 3.63) is 41.6 Å². The van der Waals surface area contributed by atoms with Crippen molar-refractivity contribution >= 4 is 16.8 Å². The summed E-state index contributed by atoms with van der Waals surface area (Å²) in [5.74, 6) is 1.01. The van der Waals surface area contributed by atoms with E-state index in [-0.39, 0.29) is 5.91 Å². The van der Waals surface area contributed by atoms with Gasteiger partial charge < -0.3 is 10.2 Å². The molecule has 1 amide bonds. The molecule has 0 bridgehead atoms. The van der Waals surface area contributed by atoms with Crippen LogP contribution in [-0.4, -0.2) is 42.5 Å². The largest absolute Gasteiger partial charge is 0.338 e. The van der Waals surface area contributed by atoms with Gasteiger partial charge in [0.2, 0.25) is 0 Å². The lowest BCUT2D eigenvalue weighted by Crippen LogP contribution is -2.30. The second-order valence-electron chi connectivity index (χ2n) is 6.73. The smallest absolute Gasteiger partial charge is 0.254 e. The standard InChI is InChI=1S/C19H25N3O/c1-13(2)18-10-16(15-6-4-5-7-17(15)21-18)19(23)22-9-8-14(12-22)11-20-3/h4-7,10,13-14,20H,8-9,11-12H2,1-3H3. The predicted molar refractivity (Wildman–Crippen MR) is 93.8 cm³/mol. The Morgan fingerprint density at radius 2 is 2.17 bits per heavy atom. The number of para-hydroxylation sites is 1. The van der Waals surface area contributed by atoms with Crippen molar-refractivity contribution in [1.29, 1.82) is 0 Å². The van der Waals surface area contributed by atoms with E-state index in [4.69, 9.17) is 4.98 Å². The van der Waals surface area contributed by atoms with Crippen LogP contribution in [0.1, 0.15) is 42.2 Å². The molecule has 122 valence electrons. The van der Waals surface area contributed by atoms with E-state index in [0.717, 1.165) is 48.2 Å². The minimum atomic E-state index is 0.143. The molecule has 1 aliphatic rings. The van der Waals surface area contributed by atoms with Gasteiger partial charge in [0.05, 0.1) is 11.1 Å². The molecule has 1 saturated heterocycles. The van der Waals surface area contributed by atoms with Crippen LogP contribution >= 0.6 is 0 Å². The van der Waals surface area contributed by atoms with Crippen LogP contribution in [0.5, 0.6) is 0 Å². The third-order valence-electron chi connectivity index (χ3n) is 4.62. The number of likely N-dealkylation sites (tertiary alicyclic amines) is 1. The van der Waals surface area contributed by atoms with E-state index in [1.54, 1.807) is 0 Å². The van der Waals surface area contributed by atoms with E-state index in [1.807, 2.05) is 42.3 Å². The first kappa shape index (κ1) is 15.9. The molecule has 1 aliphatic heterocycles. The number of aromatic nitrogens is 1. The highest BCUT2D eigenvalue weighted by atomic mass is 16.2. The first-order chi connectivity index (χ1) is 11.1. The maximum atomic E-state index is 13.1. The summed E-state index contributed by atoms with van der Waals surface area (Å²) in [4.78, 5) is 19.8. The number of amides is 1. The number of nitrogens with zero attached hydrogens (tertiary/aromatic N) is 2. The van der Waals surface area contributed by atoms with Crippen LogP contribution in [0.3, 0.4) is 0 Å². The monoisotopic (exact) mass is 311 g/mol. The summed E-state index contributed by atoms with van der Waals surface area (Å²) in [6, 6.07) is 9.93. The molecule has 23 heavy (non-hydrogen) atoms. The van der Waals surface area contributed by atoms with Gasteiger partial charge in [0.1, 0.15) is 0 Å². The second kappa shape index (κ2) is 6.67. The van der Waals surface area contributed by atoms with Crippen molar-refractivity contribution in [2.45, 2.75) is 26.2 Å². The Labute approximate surface area is 137 Å². The quantitative estimate of drug-likeness (QED) is 0.944. The molecule has 2 heterocycles. The molecule has 3 rings (SSSR count). The van der Waals surface area contributed by atoms with Crippen LogP contribution in [0.4, 0.5) is 0 Å². The fourth-order valence-electron chi connectivity index (χ4n) is 3.31. The third-order valence-corrected chi connectivity index (χ3v) is 4.62. The molecule has 1 N–H and O–H groups in total. The lowest BCUT2D eigenvalue weighted by molar-refractivity contribution is 0.0789. The van der Waals surface area contributed by atoms with Crippen LogP contribution < -0.4 is 5.32 Å². The number of carbonyl (C=O) groups is 1. The summed E-state index contributed by atoms with van der Waals surface area (Å²) in [5.41, 5.74) is 2.69. The van der Waals surface area contributed by atoms with E-state index >= 15 is 0 Å². The molecular weight excluding hydrogens is 286 g/mol. The lowest BCUT2D eigenvalue weighted by Gasteiger charge is -2.19. The van der Waals surface area contributed by atoms with Crippen LogP contribution in [0.25, 0.3) is 10.9 Å². The average Bonchev–Trinajstić information content (AvgIpc) is 3.02. The fourth-order valence-corrected chi connectivity index (χ4v) is 3.31. The number of rotatable bonds is 4. The third kappa shape index (κ3) is 3.22. The van der Waals surface area contributed by atoms with Gasteiger partial charge in [-0.05, 0) is 44.0 Å². The van der Waals surface area contributed by atoms with Crippen molar-refractivity contribution in [2.75, 3.05) is 26.7 Å². The number of pyridine rings is 1. The normalized spacial score (nSPS) is 18.1. The van der Waals surface area contributed by atoms with Crippen molar-refractivity contribution < 1.29 is 4.79 Å². The van der Waals surface area contributed by atoms with Gasteiger partial charge >= 0.3 is 0 Å². The summed E-state index contributed by atoms with van der Waals surface area (Å²) in [5, 5.41) is 4.17. The Morgan fingerprint density at radius 3 is 2.91 bits per heavy atom. The van der Waals surface area contributed by atoms with Gasteiger partial charge in [-0.1, -0.05) is 32.0 Å². The highest BCUT2D eigenvalue weighted by Crippen LogP contribution is 2.25. The topological polar surface area (TPSA) is 45.2 Å². The van der Waals surface area contributed by atoms with Crippen molar-refractivity contribution in [2.24, 2.45) is 5.92 Å². The van der Waals surface area contributed by atoms with E-state index in [0.29, 0.717) is 11.8 Å². The second-order valence-corrected chi connectivity index (χ2v) is 6.73. The van der Waals surface area contributed by atoms with Gasteiger partial charge in [0.15, 0.2) is 0 Å². The van der Waals surface area contributed by atoms with Gasteiger partial charge in [0, 0.05) is 24.2 Å². The molecule has 0 aliphatic carbocycles. The van der Waals surface area contributed by atoms with Crippen molar-refractivity contribution in [3.63, 3.8) is 0 Å². The highest BCUT2D eigenvalue weighted by molar-refractivity contribution is 6.06. The van der Waals surface area contributed by atoms with Gasteiger partial charge in [0.25, 0.3) is 5.91 Å². The summed E-state index contributed by atoms with van der Waals surface area (Å²) >= 11 is 0. The fraction of sp³-hybridized carbons (Fsp3) is 0.474.